The maximum atomic E-state index is 14.3. The third-order valence-corrected chi connectivity index (χ3v) is 8.73. The Balaban J connectivity index is 1.64. The van der Waals surface area contributed by atoms with Gasteiger partial charge in [-0.15, -0.1) is 0 Å². The van der Waals surface area contributed by atoms with Gasteiger partial charge in [-0.3, -0.25) is 9.59 Å². The minimum absolute atomic E-state index is 0.0357. The molecule has 0 bridgehead atoms. The molecule has 9 heteroatoms. The molecule has 4 atom stereocenters. The molecule has 0 saturated carbocycles. The highest BCUT2D eigenvalue weighted by Crippen LogP contribution is 2.48. The maximum absolute atomic E-state index is 14.3. The average Bonchev–Trinajstić information content (AvgIpc) is 3.24. The fourth-order valence-corrected chi connectivity index (χ4v) is 6.87. The monoisotopic (exact) mass is 531 g/mol. The van der Waals surface area contributed by atoms with Crippen LogP contribution in [0.25, 0.3) is 0 Å². The summed E-state index contributed by atoms with van der Waals surface area (Å²) in [5, 5.41) is 0. The van der Waals surface area contributed by atoms with Crippen LogP contribution in [0.2, 0.25) is 0 Å². The van der Waals surface area contributed by atoms with Gasteiger partial charge in [0.15, 0.2) is 11.5 Å². The molecule has 9 nitrogen and oxygen atoms in total. The van der Waals surface area contributed by atoms with Gasteiger partial charge in [-0.1, -0.05) is 6.42 Å². The first kappa shape index (κ1) is 28.5. The SMILES string of the molecule is COCCCN(C[C@@H]1CCCN2CCCC[C@H]12)C(=O)[C@@H]1CC(=O)N(C)[C@@H]1c1ccc(OC)c(OC)c1OC. The molecular formula is C29H45N3O6. The Morgan fingerprint density at radius 2 is 1.76 bits per heavy atom. The molecule has 0 aliphatic carbocycles. The lowest BCUT2D eigenvalue weighted by Gasteiger charge is -2.46. The van der Waals surface area contributed by atoms with E-state index in [4.69, 9.17) is 18.9 Å². The first-order valence-corrected chi connectivity index (χ1v) is 14.0. The van der Waals surface area contributed by atoms with Crippen LogP contribution >= 0.6 is 0 Å². The molecule has 4 rings (SSSR count). The van der Waals surface area contributed by atoms with Gasteiger partial charge in [0.05, 0.1) is 33.3 Å². The summed E-state index contributed by atoms with van der Waals surface area (Å²) in [4.78, 5) is 33.7. The zero-order valence-corrected chi connectivity index (χ0v) is 23.7. The van der Waals surface area contributed by atoms with Gasteiger partial charge in [0.1, 0.15) is 0 Å². The zero-order chi connectivity index (χ0) is 27.2. The number of benzene rings is 1. The number of carbonyl (C=O) groups is 2. The molecule has 3 saturated heterocycles. The molecular weight excluding hydrogens is 486 g/mol. The number of ether oxygens (including phenoxy) is 4. The third kappa shape index (κ3) is 5.73. The normalized spacial score (nSPS) is 25.7. The van der Waals surface area contributed by atoms with Crippen LogP contribution in [0, 0.1) is 11.8 Å². The van der Waals surface area contributed by atoms with Gasteiger partial charge in [-0.05, 0) is 63.2 Å². The minimum atomic E-state index is -0.506. The number of methoxy groups -OCH3 is 4. The fraction of sp³-hybridized carbons (Fsp3) is 0.724. The van der Waals surface area contributed by atoms with E-state index in [1.807, 2.05) is 17.0 Å². The van der Waals surface area contributed by atoms with Crippen molar-refractivity contribution in [3.8, 4) is 17.2 Å². The second-order valence-corrected chi connectivity index (χ2v) is 10.8. The predicted molar refractivity (Wildman–Crippen MR) is 145 cm³/mol. The van der Waals surface area contributed by atoms with Gasteiger partial charge in [0.25, 0.3) is 0 Å². The molecule has 0 radical (unpaired) electrons. The molecule has 1 aromatic rings. The minimum Gasteiger partial charge on any atom is -0.493 e. The van der Waals surface area contributed by atoms with E-state index in [2.05, 4.69) is 4.90 Å². The van der Waals surface area contributed by atoms with Crippen molar-refractivity contribution in [2.24, 2.45) is 11.8 Å². The molecule has 3 fully saturated rings. The fourth-order valence-electron chi connectivity index (χ4n) is 6.87. The van der Waals surface area contributed by atoms with Gasteiger partial charge in [0, 0.05) is 51.9 Å². The Morgan fingerprint density at radius 1 is 1.00 bits per heavy atom. The molecule has 0 unspecified atom stereocenters. The Hall–Kier alpha value is -2.52. The van der Waals surface area contributed by atoms with Crippen molar-refractivity contribution in [1.29, 1.82) is 0 Å². The van der Waals surface area contributed by atoms with E-state index in [1.165, 1.54) is 38.8 Å². The molecule has 3 aliphatic rings. The lowest BCUT2D eigenvalue weighted by Crippen LogP contribution is -2.52. The quantitative estimate of drug-likeness (QED) is 0.405. The van der Waals surface area contributed by atoms with Crippen LogP contribution in [0.1, 0.15) is 56.6 Å². The highest BCUT2D eigenvalue weighted by atomic mass is 16.5. The first-order chi connectivity index (χ1) is 18.4. The van der Waals surface area contributed by atoms with Gasteiger partial charge in [-0.25, -0.2) is 0 Å². The van der Waals surface area contributed by atoms with E-state index >= 15 is 0 Å². The van der Waals surface area contributed by atoms with Crippen molar-refractivity contribution in [2.45, 2.75) is 57.0 Å². The van der Waals surface area contributed by atoms with Crippen LogP contribution in [0.15, 0.2) is 12.1 Å². The molecule has 1 aromatic carbocycles. The van der Waals surface area contributed by atoms with Crippen molar-refractivity contribution in [3.63, 3.8) is 0 Å². The molecule has 212 valence electrons. The maximum Gasteiger partial charge on any atom is 0.228 e. The third-order valence-electron chi connectivity index (χ3n) is 8.73. The van der Waals surface area contributed by atoms with E-state index < -0.39 is 12.0 Å². The van der Waals surface area contributed by atoms with E-state index in [-0.39, 0.29) is 18.2 Å². The summed E-state index contributed by atoms with van der Waals surface area (Å²) in [6.45, 7) is 4.29. The molecule has 38 heavy (non-hydrogen) atoms. The van der Waals surface area contributed by atoms with E-state index in [0.717, 1.165) is 24.9 Å². The molecule has 3 aliphatic heterocycles. The topological polar surface area (TPSA) is 80.8 Å². The van der Waals surface area contributed by atoms with Gasteiger partial charge < -0.3 is 33.6 Å². The Labute approximate surface area is 227 Å². The largest absolute Gasteiger partial charge is 0.493 e. The molecule has 2 amide bonds. The number of hydrogen-bond donors (Lipinski definition) is 0. The van der Waals surface area contributed by atoms with Gasteiger partial charge in [-0.2, -0.15) is 0 Å². The van der Waals surface area contributed by atoms with Gasteiger partial charge >= 0.3 is 0 Å². The predicted octanol–water partition coefficient (Wildman–Crippen LogP) is 3.36. The summed E-state index contributed by atoms with van der Waals surface area (Å²) in [5.41, 5.74) is 0.754. The summed E-state index contributed by atoms with van der Waals surface area (Å²) in [5.74, 6) is 1.44. The van der Waals surface area contributed by atoms with Crippen LogP contribution in [0.4, 0.5) is 0 Å². The number of carbonyl (C=O) groups excluding carboxylic acids is 2. The summed E-state index contributed by atoms with van der Waals surface area (Å²) in [6.07, 6.45) is 7.01. The highest BCUT2D eigenvalue weighted by molar-refractivity contribution is 5.90. The van der Waals surface area contributed by atoms with Crippen molar-refractivity contribution in [1.82, 2.24) is 14.7 Å². The van der Waals surface area contributed by atoms with Gasteiger partial charge in [0.2, 0.25) is 17.6 Å². The molecule has 0 spiro atoms. The number of hydrogen-bond acceptors (Lipinski definition) is 7. The number of rotatable bonds is 11. The summed E-state index contributed by atoms with van der Waals surface area (Å²) in [7, 11) is 8.17. The molecule has 0 aromatic heterocycles. The Bertz CT molecular complexity index is 970. The molecule has 0 N–H and O–H groups in total. The van der Waals surface area contributed by atoms with Crippen LogP contribution in [-0.4, -0.2) is 101 Å². The van der Waals surface area contributed by atoms with Crippen LogP contribution in [0.3, 0.4) is 0 Å². The van der Waals surface area contributed by atoms with Crippen LogP contribution in [0.5, 0.6) is 17.2 Å². The van der Waals surface area contributed by atoms with Crippen molar-refractivity contribution < 1.29 is 28.5 Å². The molecule has 3 heterocycles. The Kier molecular flexibility index (Phi) is 9.76. The second-order valence-electron chi connectivity index (χ2n) is 10.8. The smallest absolute Gasteiger partial charge is 0.228 e. The van der Waals surface area contributed by atoms with Crippen molar-refractivity contribution >= 4 is 11.8 Å². The lowest BCUT2D eigenvalue weighted by molar-refractivity contribution is -0.138. The van der Waals surface area contributed by atoms with Crippen LogP contribution < -0.4 is 14.2 Å². The highest BCUT2D eigenvalue weighted by Gasteiger charge is 2.46. The van der Waals surface area contributed by atoms with Crippen LogP contribution in [-0.2, 0) is 14.3 Å². The number of piperidine rings is 2. The first-order valence-electron chi connectivity index (χ1n) is 14.0. The van der Waals surface area contributed by atoms with Crippen molar-refractivity contribution in [2.75, 3.05) is 68.3 Å². The summed E-state index contributed by atoms with van der Waals surface area (Å²) >= 11 is 0. The lowest BCUT2D eigenvalue weighted by atomic mass is 9.82. The van der Waals surface area contributed by atoms with E-state index in [0.29, 0.717) is 42.4 Å². The van der Waals surface area contributed by atoms with Crippen molar-refractivity contribution in [3.05, 3.63) is 17.7 Å². The standard InChI is InChI=1S/C29H45N3O6/c1-30-25(33)18-22(26(30)21-12-13-24(36-3)28(38-5)27(21)37-4)29(34)32(16-9-17-35-2)19-20-10-8-15-31-14-7-6-11-23(20)31/h12-13,20,22-23,26H,6-11,14-19H2,1-5H3/t20-,22+,23+,26+/m0/s1. The zero-order valence-electron chi connectivity index (χ0n) is 23.7. The second kappa shape index (κ2) is 13.0. The number of amides is 2. The number of nitrogens with zero attached hydrogens (tertiary/aromatic N) is 3. The number of likely N-dealkylation sites (tertiary alicyclic amines) is 1. The summed E-state index contributed by atoms with van der Waals surface area (Å²) < 4.78 is 22.2. The average molecular weight is 532 g/mol. The van der Waals surface area contributed by atoms with E-state index in [1.54, 1.807) is 40.4 Å². The Morgan fingerprint density at radius 3 is 2.47 bits per heavy atom. The van der Waals surface area contributed by atoms with E-state index in [9.17, 15) is 9.59 Å². The summed E-state index contributed by atoms with van der Waals surface area (Å²) in [6, 6.07) is 3.79. The number of fused-ring (bicyclic) bond motifs is 1.